The van der Waals surface area contributed by atoms with Gasteiger partial charge < -0.3 is 5.32 Å². The number of carbonyl (C=O) groups excluding carboxylic acids is 1. The van der Waals surface area contributed by atoms with Crippen molar-refractivity contribution in [2.75, 3.05) is 27.1 Å². The quantitative estimate of drug-likeness (QED) is 0.349. The summed E-state index contributed by atoms with van der Waals surface area (Å²) in [4.78, 5) is 12.4. The highest BCUT2D eigenvalue weighted by molar-refractivity contribution is 7.92. The average Bonchev–Trinajstić information content (AvgIpc) is 2.80. The number of rotatable bonds is 8. The molecule has 0 radical (unpaired) electrons. The standard InChI is InChI=1S/C23H20Cl2F3N3O5S2/c1-14-19(24)4-3-5-21(14)30-38(35,36)17-9-6-15(7-10-17)29-22(32)13-31(37(2,33)34)16-8-11-20(25)18(12-16)23(26,27)28/h3-12,30H,13H2,1-2H3,(H,29,32). The van der Waals surface area contributed by atoms with E-state index in [1.54, 1.807) is 25.1 Å². The number of benzene rings is 3. The molecule has 0 atom stereocenters. The van der Waals surface area contributed by atoms with E-state index in [-0.39, 0.29) is 16.3 Å². The summed E-state index contributed by atoms with van der Waals surface area (Å²) in [5, 5.41) is 2.13. The first-order chi connectivity index (χ1) is 17.5. The third-order valence-electron chi connectivity index (χ3n) is 5.19. The first-order valence-electron chi connectivity index (χ1n) is 10.5. The van der Waals surface area contributed by atoms with Crippen molar-refractivity contribution in [3.63, 3.8) is 0 Å². The number of nitrogens with one attached hydrogen (secondary N) is 2. The van der Waals surface area contributed by atoms with Crippen molar-refractivity contribution in [3.05, 3.63) is 81.8 Å². The van der Waals surface area contributed by atoms with Crippen LogP contribution in [-0.4, -0.2) is 35.5 Å². The van der Waals surface area contributed by atoms with Gasteiger partial charge in [0.2, 0.25) is 15.9 Å². The van der Waals surface area contributed by atoms with Gasteiger partial charge in [0.05, 0.1) is 33.1 Å². The van der Waals surface area contributed by atoms with E-state index < -0.39 is 54.9 Å². The van der Waals surface area contributed by atoms with Crippen LogP contribution >= 0.6 is 23.2 Å². The minimum absolute atomic E-state index is 0.119. The molecule has 0 unspecified atom stereocenters. The maximum absolute atomic E-state index is 13.2. The molecule has 8 nitrogen and oxygen atoms in total. The molecule has 0 aliphatic rings. The van der Waals surface area contributed by atoms with Crippen LogP contribution in [0, 0.1) is 6.92 Å². The van der Waals surface area contributed by atoms with Crippen LogP contribution in [0.4, 0.5) is 30.2 Å². The zero-order valence-corrected chi connectivity index (χ0v) is 22.8. The lowest BCUT2D eigenvalue weighted by atomic mass is 10.2. The van der Waals surface area contributed by atoms with Crippen molar-refractivity contribution in [1.29, 1.82) is 0 Å². The molecule has 0 aliphatic carbocycles. The Hall–Kier alpha value is -3.00. The van der Waals surface area contributed by atoms with Crippen LogP contribution in [0.3, 0.4) is 0 Å². The number of sulfonamides is 2. The Morgan fingerprint density at radius 2 is 1.58 bits per heavy atom. The summed E-state index contributed by atoms with van der Waals surface area (Å²) in [6.45, 7) is 0.792. The van der Waals surface area contributed by atoms with E-state index in [0.29, 0.717) is 21.0 Å². The second-order valence-electron chi connectivity index (χ2n) is 8.02. The van der Waals surface area contributed by atoms with Gasteiger partial charge >= 0.3 is 6.18 Å². The largest absolute Gasteiger partial charge is 0.417 e. The summed E-state index contributed by atoms with van der Waals surface area (Å²) in [7, 11) is -8.18. The van der Waals surface area contributed by atoms with Crippen LogP contribution in [0.1, 0.15) is 11.1 Å². The average molecular weight is 610 g/mol. The second kappa shape index (κ2) is 11.0. The molecule has 0 heterocycles. The first-order valence-corrected chi connectivity index (χ1v) is 14.6. The number of amides is 1. The first kappa shape index (κ1) is 29.6. The smallest absolute Gasteiger partial charge is 0.325 e. The summed E-state index contributed by atoms with van der Waals surface area (Å²) in [6, 6.07) is 12.2. The number of halogens is 5. The number of alkyl halides is 3. The van der Waals surface area contributed by atoms with Crippen LogP contribution in [0.2, 0.25) is 10.0 Å². The van der Waals surface area contributed by atoms with Gasteiger partial charge in [-0.2, -0.15) is 13.2 Å². The van der Waals surface area contributed by atoms with Gasteiger partial charge in [-0.25, -0.2) is 16.8 Å². The fourth-order valence-corrected chi connectivity index (χ4v) is 5.63. The summed E-state index contributed by atoms with van der Waals surface area (Å²) in [5.41, 5.74) is -0.743. The fraction of sp³-hybridized carbons (Fsp3) is 0.174. The zero-order chi connectivity index (χ0) is 28.5. The number of hydrogen-bond donors (Lipinski definition) is 2. The Kier molecular flexibility index (Phi) is 8.56. The van der Waals surface area contributed by atoms with Crippen LogP contribution < -0.4 is 14.3 Å². The molecule has 0 saturated carbocycles. The second-order valence-corrected chi connectivity index (χ2v) is 12.4. The van der Waals surface area contributed by atoms with Crippen molar-refractivity contribution in [1.82, 2.24) is 0 Å². The minimum Gasteiger partial charge on any atom is -0.325 e. The molecule has 3 aromatic carbocycles. The molecule has 38 heavy (non-hydrogen) atoms. The van der Waals surface area contributed by atoms with E-state index in [4.69, 9.17) is 23.2 Å². The normalized spacial score (nSPS) is 12.2. The third kappa shape index (κ3) is 7.10. The fourth-order valence-electron chi connectivity index (χ4n) is 3.26. The van der Waals surface area contributed by atoms with Gasteiger partial charge in [-0.05, 0) is 67.1 Å². The van der Waals surface area contributed by atoms with Gasteiger partial charge in [0.1, 0.15) is 6.54 Å². The van der Waals surface area contributed by atoms with Crippen LogP contribution in [0.25, 0.3) is 0 Å². The lowest BCUT2D eigenvalue weighted by Gasteiger charge is -2.23. The molecule has 0 aromatic heterocycles. The van der Waals surface area contributed by atoms with Crippen molar-refractivity contribution in [3.8, 4) is 0 Å². The lowest BCUT2D eigenvalue weighted by Crippen LogP contribution is -2.37. The zero-order valence-electron chi connectivity index (χ0n) is 19.7. The molecule has 0 fully saturated rings. The molecule has 0 saturated heterocycles. The van der Waals surface area contributed by atoms with Crippen LogP contribution in [0.5, 0.6) is 0 Å². The van der Waals surface area contributed by atoms with Gasteiger partial charge in [-0.1, -0.05) is 29.3 Å². The van der Waals surface area contributed by atoms with E-state index in [1.165, 1.54) is 24.3 Å². The van der Waals surface area contributed by atoms with Gasteiger partial charge in [0.25, 0.3) is 10.0 Å². The summed E-state index contributed by atoms with van der Waals surface area (Å²) in [6.07, 6.45) is -4.11. The number of hydrogen-bond acceptors (Lipinski definition) is 5. The van der Waals surface area contributed by atoms with E-state index in [0.717, 1.165) is 18.4 Å². The Morgan fingerprint density at radius 3 is 2.16 bits per heavy atom. The highest BCUT2D eigenvalue weighted by atomic mass is 35.5. The van der Waals surface area contributed by atoms with Crippen molar-refractivity contribution >= 4 is 66.2 Å². The molecule has 0 bridgehead atoms. The van der Waals surface area contributed by atoms with Gasteiger partial charge in [0, 0.05) is 10.7 Å². The number of anilines is 3. The molecule has 1 amide bonds. The van der Waals surface area contributed by atoms with Crippen molar-refractivity contribution in [2.45, 2.75) is 18.0 Å². The maximum Gasteiger partial charge on any atom is 0.417 e. The molecule has 15 heteroatoms. The van der Waals surface area contributed by atoms with Crippen molar-refractivity contribution < 1.29 is 34.8 Å². The van der Waals surface area contributed by atoms with Crippen LogP contribution in [-0.2, 0) is 31.0 Å². The Balaban J connectivity index is 1.78. The van der Waals surface area contributed by atoms with Crippen LogP contribution in [0.15, 0.2) is 65.6 Å². The molecule has 3 rings (SSSR count). The highest BCUT2D eigenvalue weighted by Gasteiger charge is 2.34. The topological polar surface area (TPSA) is 113 Å². The third-order valence-corrected chi connectivity index (χ3v) is 8.45. The van der Waals surface area contributed by atoms with E-state index in [1.807, 2.05) is 0 Å². The number of nitrogens with zero attached hydrogens (tertiary/aromatic N) is 1. The minimum atomic E-state index is -4.85. The monoisotopic (exact) mass is 609 g/mol. The summed E-state index contributed by atoms with van der Waals surface area (Å²) >= 11 is 11.6. The Bertz CT molecular complexity index is 1580. The molecule has 0 spiro atoms. The van der Waals surface area contributed by atoms with Gasteiger partial charge in [0.15, 0.2) is 0 Å². The predicted molar refractivity (Wildman–Crippen MR) is 141 cm³/mol. The number of carbonyl (C=O) groups is 1. The molecule has 204 valence electrons. The molecule has 0 aliphatic heterocycles. The van der Waals surface area contributed by atoms with E-state index in [9.17, 15) is 34.8 Å². The van der Waals surface area contributed by atoms with Crippen molar-refractivity contribution in [2.24, 2.45) is 0 Å². The lowest BCUT2D eigenvalue weighted by molar-refractivity contribution is -0.137. The molecule has 2 N–H and O–H groups in total. The van der Waals surface area contributed by atoms with E-state index >= 15 is 0 Å². The predicted octanol–water partition coefficient (Wildman–Crippen LogP) is 5.53. The maximum atomic E-state index is 13.2. The molecular formula is C23H20Cl2F3N3O5S2. The Labute approximate surface area is 227 Å². The molecule has 3 aromatic rings. The SMILES string of the molecule is Cc1c(Cl)cccc1NS(=O)(=O)c1ccc(NC(=O)CN(c2ccc(Cl)c(C(F)(F)F)c2)S(C)(=O)=O)cc1. The highest BCUT2D eigenvalue weighted by Crippen LogP contribution is 2.37. The Morgan fingerprint density at radius 1 is 0.947 bits per heavy atom. The van der Waals surface area contributed by atoms with Gasteiger partial charge in [-0.3, -0.25) is 13.8 Å². The molecular weight excluding hydrogens is 590 g/mol. The summed E-state index contributed by atoms with van der Waals surface area (Å²) < 4.78 is 92.6. The summed E-state index contributed by atoms with van der Waals surface area (Å²) in [5.74, 6) is -0.887. The van der Waals surface area contributed by atoms with E-state index in [2.05, 4.69) is 10.0 Å². The van der Waals surface area contributed by atoms with Gasteiger partial charge in [-0.15, -0.1) is 0 Å².